The Labute approximate surface area is 128 Å². The fourth-order valence-electron chi connectivity index (χ4n) is 2.79. The van der Waals surface area contributed by atoms with Gasteiger partial charge in [0.15, 0.2) is 0 Å². The van der Waals surface area contributed by atoms with Gasteiger partial charge in [0, 0.05) is 11.6 Å². The van der Waals surface area contributed by atoms with Gasteiger partial charge in [-0.2, -0.15) is 0 Å². The molecule has 0 saturated heterocycles. The van der Waals surface area contributed by atoms with E-state index in [1.54, 1.807) is 11.9 Å². The van der Waals surface area contributed by atoms with Crippen molar-refractivity contribution in [1.82, 2.24) is 15.5 Å². The summed E-state index contributed by atoms with van der Waals surface area (Å²) < 4.78 is 0. The summed E-state index contributed by atoms with van der Waals surface area (Å²) in [5.41, 5.74) is -0.238. The molecule has 0 aromatic carbocycles. The van der Waals surface area contributed by atoms with Gasteiger partial charge in [0.25, 0.3) is 0 Å². The number of hydrogen-bond donors (Lipinski definition) is 2. The zero-order chi connectivity index (χ0) is 16.0. The van der Waals surface area contributed by atoms with Crippen LogP contribution in [-0.4, -0.2) is 48.4 Å². The number of rotatable bonds is 5. The first kappa shape index (κ1) is 18.0. The average molecular weight is 297 g/mol. The number of hydrogen-bond acceptors (Lipinski definition) is 3. The summed E-state index contributed by atoms with van der Waals surface area (Å²) in [5.74, 6) is 0.515. The van der Waals surface area contributed by atoms with E-state index in [0.717, 1.165) is 6.42 Å². The summed E-state index contributed by atoms with van der Waals surface area (Å²) in [6.45, 7) is 8.54. The molecule has 2 atom stereocenters. The minimum Gasteiger partial charge on any atom is -0.352 e. The third kappa shape index (κ3) is 7.46. The number of nitrogens with zero attached hydrogens (tertiary/aromatic N) is 1. The molecule has 2 amide bonds. The highest BCUT2D eigenvalue weighted by atomic mass is 16.2. The highest BCUT2D eigenvalue weighted by Gasteiger charge is 2.23. The van der Waals surface area contributed by atoms with Gasteiger partial charge in [-0.25, -0.2) is 0 Å². The predicted octanol–water partition coefficient (Wildman–Crippen LogP) is 1.53. The van der Waals surface area contributed by atoms with Gasteiger partial charge in [-0.15, -0.1) is 0 Å². The van der Waals surface area contributed by atoms with E-state index in [0.29, 0.717) is 12.0 Å². The van der Waals surface area contributed by atoms with Gasteiger partial charge in [0.2, 0.25) is 11.8 Å². The quantitative estimate of drug-likeness (QED) is 0.809. The number of carbonyl (C=O) groups excluding carboxylic acids is 2. The maximum Gasteiger partial charge on any atom is 0.234 e. The largest absolute Gasteiger partial charge is 0.352 e. The molecule has 1 fully saturated rings. The van der Waals surface area contributed by atoms with E-state index >= 15 is 0 Å². The molecule has 0 spiro atoms. The minimum atomic E-state index is -0.238. The van der Waals surface area contributed by atoms with E-state index in [-0.39, 0.29) is 30.4 Å². The monoisotopic (exact) mass is 297 g/mol. The fraction of sp³-hybridized carbons (Fsp3) is 0.875. The Morgan fingerprint density at radius 1 is 1.10 bits per heavy atom. The van der Waals surface area contributed by atoms with Crippen molar-refractivity contribution in [3.8, 4) is 0 Å². The van der Waals surface area contributed by atoms with Crippen molar-refractivity contribution < 1.29 is 9.59 Å². The summed E-state index contributed by atoms with van der Waals surface area (Å²) in [7, 11) is 1.80. The Balaban J connectivity index is 2.31. The molecule has 1 saturated carbocycles. The Morgan fingerprint density at radius 3 is 2.24 bits per heavy atom. The fourth-order valence-corrected chi connectivity index (χ4v) is 2.79. The molecule has 0 radical (unpaired) electrons. The maximum absolute atomic E-state index is 12.0. The zero-order valence-corrected chi connectivity index (χ0v) is 14.2. The van der Waals surface area contributed by atoms with E-state index in [1.807, 2.05) is 20.8 Å². The predicted molar refractivity (Wildman–Crippen MR) is 85.0 cm³/mol. The lowest BCUT2D eigenvalue weighted by Crippen LogP contribution is -2.48. The molecule has 5 heteroatoms. The zero-order valence-electron chi connectivity index (χ0n) is 14.2. The van der Waals surface area contributed by atoms with Crippen molar-refractivity contribution in [3.63, 3.8) is 0 Å². The highest BCUT2D eigenvalue weighted by Crippen LogP contribution is 2.23. The average Bonchev–Trinajstić information content (AvgIpc) is 2.28. The third-order valence-electron chi connectivity index (χ3n) is 3.80. The first-order valence-electron chi connectivity index (χ1n) is 7.96. The molecule has 21 heavy (non-hydrogen) atoms. The van der Waals surface area contributed by atoms with Crippen LogP contribution in [0.2, 0.25) is 0 Å². The number of nitrogens with one attached hydrogen (secondary N) is 2. The van der Waals surface area contributed by atoms with Crippen molar-refractivity contribution in [1.29, 1.82) is 0 Å². The van der Waals surface area contributed by atoms with E-state index in [2.05, 4.69) is 17.6 Å². The van der Waals surface area contributed by atoms with Crippen molar-refractivity contribution in [2.45, 2.75) is 65.0 Å². The van der Waals surface area contributed by atoms with Crippen LogP contribution in [0.3, 0.4) is 0 Å². The van der Waals surface area contributed by atoms with Crippen LogP contribution in [0.4, 0.5) is 0 Å². The molecule has 1 aliphatic rings. The van der Waals surface area contributed by atoms with E-state index in [4.69, 9.17) is 0 Å². The van der Waals surface area contributed by atoms with Gasteiger partial charge in [-0.3, -0.25) is 14.5 Å². The molecule has 2 N–H and O–H groups in total. The van der Waals surface area contributed by atoms with Crippen LogP contribution in [0.25, 0.3) is 0 Å². The van der Waals surface area contributed by atoms with Crippen LogP contribution in [0.5, 0.6) is 0 Å². The Kier molecular flexibility index (Phi) is 6.65. The van der Waals surface area contributed by atoms with Crippen LogP contribution < -0.4 is 10.6 Å². The third-order valence-corrected chi connectivity index (χ3v) is 3.80. The molecule has 1 rings (SSSR count). The molecule has 0 aromatic rings. The molecular weight excluding hydrogens is 266 g/mol. The summed E-state index contributed by atoms with van der Waals surface area (Å²) in [6, 6.07) is 0.294. The van der Waals surface area contributed by atoms with Gasteiger partial charge in [-0.1, -0.05) is 19.8 Å². The molecule has 0 aromatic heterocycles. The van der Waals surface area contributed by atoms with Crippen molar-refractivity contribution in [2.24, 2.45) is 5.92 Å². The Morgan fingerprint density at radius 2 is 1.67 bits per heavy atom. The molecule has 0 heterocycles. The summed E-state index contributed by atoms with van der Waals surface area (Å²) in [4.78, 5) is 25.6. The van der Waals surface area contributed by atoms with Gasteiger partial charge in [0.05, 0.1) is 13.1 Å². The van der Waals surface area contributed by atoms with Gasteiger partial charge in [0.1, 0.15) is 0 Å². The smallest absolute Gasteiger partial charge is 0.234 e. The summed E-state index contributed by atoms with van der Waals surface area (Å²) in [6.07, 6.45) is 4.72. The van der Waals surface area contributed by atoms with Crippen LogP contribution in [0, 0.1) is 5.92 Å². The van der Waals surface area contributed by atoms with Crippen LogP contribution in [0.1, 0.15) is 53.4 Å². The standard InChI is InChI=1S/C16H31N3O2/c1-12-8-6-7-9-13(12)17-14(20)10-19(5)11-15(21)18-16(2,3)4/h12-13H,6-11H2,1-5H3,(H,17,20)(H,18,21)/t12-,13+/m1/s1. The van der Waals surface area contributed by atoms with Crippen molar-refractivity contribution in [2.75, 3.05) is 20.1 Å². The second kappa shape index (κ2) is 7.78. The lowest BCUT2D eigenvalue weighted by molar-refractivity contribution is -0.125. The maximum atomic E-state index is 12.0. The van der Waals surface area contributed by atoms with Crippen molar-refractivity contribution >= 4 is 11.8 Å². The van der Waals surface area contributed by atoms with E-state index in [1.165, 1.54) is 19.3 Å². The summed E-state index contributed by atoms with van der Waals surface area (Å²) >= 11 is 0. The summed E-state index contributed by atoms with van der Waals surface area (Å²) in [5, 5.41) is 6.01. The number of carbonyl (C=O) groups is 2. The van der Waals surface area contributed by atoms with Crippen LogP contribution in [-0.2, 0) is 9.59 Å². The molecular formula is C16H31N3O2. The van der Waals surface area contributed by atoms with E-state index < -0.39 is 0 Å². The lowest BCUT2D eigenvalue weighted by Gasteiger charge is -2.30. The number of amides is 2. The van der Waals surface area contributed by atoms with E-state index in [9.17, 15) is 9.59 Å². The topological polar surface area (TPSA) is 61.4 Å². The second-order valence-electron chi connectivity index (χ2n) is 7.41. The second-order valence-corrected chi connectivity index (χ2v) is 7.41. The number of likely N-dealkylation sites (N-methyl/N-ethyl adjacent to an activating group) is 1. The van der Waals surface area contributed by atoms with Crippen LogP contribution >= 0.6 is 0 Å². The molecule has 1 aliphatic carbocycles. The normalized spacial score (nSPS) is 23.0. The highest BCUT2D eigenvalue weighted by molar-refractivity contribution is 5.81. The van der Waals surface area contributed by atoms with Gasteiger partial charge < -0.3 is 10.6 Å². The molecule has 0 aliphatic heterocycles. The minimum absolute atomic E-state index is 0.0137. The lowest BCUT2D eigenvalue weighted by atomic mass is 9.86. The van der Waals surface area contributed by atoms with Crippen LogP contribution in [0.15, 0.2) is 0 Å². The van der Waals surface area contributed by atoms with Gasteiger partial charge >= 0.3 is 0 Å². The Hall–Kier alpha value is -1.10. The molecule has 122 valence electrons. The molecule has 5 nitrogen and oxygen atoms in total. The first-order valence-corrected chi connectivity index (χ1v) is 7.96. The first-order chi connectivity index (χ1) is 9.67. The molecule has 0 bridgehead atoms. The van der Waals surface area contributed by atoms with Gasteiger partial charge in [-0.05, 0) is 46.6 Å². The SMILES string of the molecule is C[C@@H]1CCCC[C@@H]1NC(=O)CN(C)CC(=O)NC(C)(C)C. The van der Waals surface area contributed by atoms with Crippen molar-refractivity contribution in [3.05, 3.63) is 0 Å². The molecule has 0 unspecified atom stereocenters. The Bertz CT molecular complexity index is 363.